The van der Waals surface area contributed by atoms with Crippen LogP contribution in [0.1, 0.15) is 13.3 Å². The minimum absolute atomic E-state index is 0.384. The topological polar surface area (TPSA) is 26.0 Å². The Labute approximate surface area is 34.0 Å². The van der Waals surface area contributed by atoms with Gasteiger partial charge in [-0.05, 0) is 12.4 Å². The summed E-state index contributed by atoms with van der Waals surface area (Å²) >= 11 is 0. The molecule has 5 heavy (non-hydrogen) atoms. The first-order valence-electron chi connectivity index (χ1n) is 2.03. The first-order chi connectivity index (χ1) is 2.27. The molecule has 30 valence electrons. The van der Waals surface area contributed by atoms with Crippen molar-refractivity contribution in [1.29, 1.82) is 0 Å². The minimum Gasteiger partial charge on any atom is -0.335 e. The zero-order valence-corrected chi connectivity index (χ0v) is 3.86. The van der Waals surface area contributed by atoms with Crippen molar-refractivity contribution in [3.8, 4) is 0 Å². The fraction of sp³-hybridized carbons (Fsp3) is 1.00. The summed E-state index contributed by atoms with van der Waals surface area (Å²) in [4.78, 5) is 0. The van der Waals surface area contributed by atoms with Crippen molar-refractivity contribution in [1.82, 2.24) is 0 Å². The lowest BCUT2D eigenvalue weighted by atomic mass is 9.96. The summed E-state index contributed by atoms with van der Waals surface area (Å²) in [6, 6.07) is 0. The molecule has 0 aromatic rings. The second-order valence-electron chi connectivity index (χ2n) is 1.39. The highest BCUT2D eigenvalue weighted by Gasteiger charge is 1.80. The van der Waals surface area contributed by atoms with E-state index in [1.54, 1.807) is 0 Å². The van der Waals surface area contributed by atoms with Crippen LogP contribution in [0.15, 0.2) is 0 Å². The summed E-state index contributed by atoms with van der Waals surface area (Å²) in [7, 11) is 2.00. The maximum Gasteiger partial charge on any atom is 0.123 e. The number of hydrogen-bond acceptors (Lipinski definition) is 1. The normalized spacial score (nSPS) is 14.8. The SMILES string of the molecule is B[C@@H](N)CC. The Bertz CT molecular complexity index is 20.9. The van der Waals surface area contributed by atoms with Gasteiger partial charge in [0.05, 0.1) is 0 Å². The Balaban J connectivity index is 2.54. The van der Waals surface area contributed by atoms with Gasteiger partial charge in [0.2, 0.25) is 0 Å². The molecule has 0 spiro atoms. The standard InChI is InChI=1S/C3H10BN/c1-2-3(4)5/h3H,2,4-5H2,1H3/t3-/m0/s1. The molecule has 0 unspecified atom stereocenters. The molecule has 0 saturated heterocycles. The summed E-state index contributed by atoms with van der Waals surface area (Å²) in [6.07, 6.45) is 1.08. The lowest BCUT2D eigenvalue weighted by Gasteiger charge is -1.91. The van der Waals surface area contributed by atoms with Gasteiger partial charge in [0.1, 0.15) is 7.85 Å². The highest BCUT2D eigenvalue weighted by molar-refractivity contribution is 6.11. The molecule has 1 nitrogen and oxygen atoms in total. The van der Waals surface area contributed by atoms with E-state index in [0.29, 0.717) is 5.94 Å². The van der Waals surface area contributed by atoms with Crippen LogP contribution in [0.25, 0.3) is 0 Å². The molecule has 0 rings (SSSR count). The highest BCUT2D eigenvalue weighted by Crippen LogP contribution is 1.71. The monoisotopic (exact) mass is 71.1 g/mol. The van der Waals surface area contributed by atoms with Gasteiger partial charge in [0, 0.05) is 0 Å². The molecule has 0 aliphatic rings. The Morgan fingerprint density at radius 3 is 2.20 bits per heavy atom. The summed E-state index contributed by atoms with van der Waals surface area (Å²) < 4.78 is 0. The molecule has 0 amide bonds. The highest BCUT2D eigenvalue weighted by atomic mass is 14.6. The minimum atomic E-state index is 0.384. The van der Waals surface area contributed by atoms with E-state index in [9.17, 15) is 0 Å². The van der Waals surface area contributed by atoms with Crippen molar-refractivity contribution in [3.63, 3.8) is 0 Å². The van der Waals surface area contributed by atoms with Crippen molar-refractivity contribution < 1.29 is 0 Å². The van der Waals surface area contributed by atoms with E-state index in [2.05, 4.69) is 6.92 Å². The third kappa shape index (κ3) is 4.02. The summed E-state index contributed by atoms with van der Waals surface area (Å²) in [5, 5.41) is 0. The van der Waals surface area contributed by atoms with Crippen molar-refractivity contribution in [3.05, 3.63) is 0 Å². The van der Waals surface area contributed by atoms with Gasteiger partial charge in [-0.3, -0.25) is 0 Å². The third-order valence-electron chi connectivity index (χ3n) is 0.644. The molecule has 0 aromatic carbocycles. The molecule has 0 fully saturated rings. The number of rotatable bonds is 1. The van der Waals surface area contributed by atoms with E-state index >= 15 is 0 Å². The second-order valence-corrected chi connectivity index (χ2v) is 1.39. The first-order valence-corrected chi connectivity index (χ1v) is 2.03. The summed E-state index contributed by atoms with van der Waals surface area (Å²) in [6.45, 7) is 2.07. The van der Waals surface area contributed by atoms with Crippen molar-refractivity contribution >= 4 is 7.85 Å². The molecular weight excluding hydrogens is 60.9 g/mol. The molecule has 0 heterocycles. The number of hydrogen-bond donors (Lipinski definition) is 1. The largest absolute Gasteiger partial charge is 0.335 e. The second kappa shape index (κ2) is 2.27. The zero-order valence-electron chi connectivity index (χ0n) is 3.86. The van der Waals surface area contributed by atoms with Gasteiger partial charge in [-0.2, -0.15) is 0 Å². The van der Waals surface area contributed by atoms with Gasteiger partial charge in [-0.1, -0.05) is 6.92 Å². The van der Waals surface area contributed by atoms with E-state index in [1.165, 1.54) is 0 Å². The average Bonchev–Trinajstić information content (AvgIpc) is 1.38. The van der Waals surface area contributed by atoms with Crippen LogP contribution in [0.4, 0.5) is 0 Å². The molecular formula is C3H10BN. The molecule has 0 bridgehead atoms. The Morgan fingerprint density at radius 1 is 2.00 bits per heavy atom. The Kier molecular flexibility index (Phi) is 2.28. The first kappa shape index (κ1) is 5.02. The van der Waals surface area contributed by atoms with Crippen LogP contribution >= 0.6 is 0 Å². The number of nitrogens with two attached hydrogens (primary N) is 1. The predicted octanol–water partition coefficient (Wildman–Crippen LogP) is -0.686. The average molecular weight is 70.9 g/mol. The van der Waals surface area contributed by atoms with Crippen LogP contribution in [0.5, 0.6) is 0 Å². The van der Waals surface area contributed by atoms with Gasteiger partial charge in [0.25, 0.3) is 0 Å². The van der Waals surface area contributed by atoms with Gasteiger partial charge in [-0.15, -0.1) is 0 Å². The zero-order chi connectivity index (χ0) is 4.28. The fourth-order valence-electron chi connectivity index (χ4n) is 0. The predicted molar refractivity (Wildman–Crippen MR) is 26.8 cm³/mol. The molecule has 0 aliphatic carbocycles. The van der Waals surface area contributed by atoms with Crippen LogP contribution in [0.2, 0.25) is 0 Å². The Morgan fingerprint density at radius 2 is 2.20 bits per heavy atom. The van der Waals surface area contributed by atoms with Gasteiger partial charge in [-0.25, -0.2) is 0 Å². The summed E-state index contributed by atoms with van der Waals surface area (Å²) in [5.74, 6) is 0.384. The van der Waals surface area contributed by atoms with Gasteiger partial charge < -0.3 is 5.73 Å². The lowest BCUT2D eigenvalue weighted by Crippen LogP contribution is -2.17. The molecule has 2 heteroatoms. The molecule has 0 aliphatic heterocycles. The van der Waals surface area contributed by atoms with Crippen LogP contribution in [-0.4, -0.2) is 13.8 Å². The van der Waals surface area contributed by atoms with Crippen LogP contribution in [0.3, 0.4) is 0 Å². The summed E-state index contributed by atoms with van der Waals surface area (Å²) in [5.41, 5.74) is 5.29. The van der Waals surface area contributed by atoms with E-state index < -0.39 is 0 Å². The van der Waals surface area contributed by atoms with Crippen LogP contribution < -0.4 is 5.73 Å². The lowest BCUT2D eigenvalue weighted by molar-refractivity contribution is 0.856. The fourth-order valence-corrected chi connectivity index (χ4v) is 0. The quantitative estimate of drug-likeness (QED) is 0.407. The van der Waals surface area contributed by atoms with E-state index in [-0.39, 0.29) is 0 Å². The molecule has 0 saturated carbocycles. The van der Waals surface area contributed by atoms with Crippen LogP contribution in [-0.2, 0) is 0 Å². The molecule has 2 N–H and O–H groups in total. The van der Waals surface area contributed by atoms with E-state index in [1.807, 2.05) is 7.85 Å². The maximum atomic E-state index is 5.29. The van der Waals surface area contributed by atoms with Crippen LogP contribution in [0, 0.1) is 0 Å². The van der Waals surface area contributed by atoms with Crippen molar-refractivity contribution in [2.24, 2.45) is 5.73 Å². The van der Waals surface area contributed by atoms with Crippen molar-refractivity contribution in [2.45, 2.75) is 19.3 Å². The van der Waals surface area contributed by atoms with E-state index in [4.69, 9.17) is 5.73 Å². The third-order valence-corrected chi connectivity index (χ3v) is 0.644. The Hall–Kier alpha value is 0.0249. The molecule has 1 atom stereocenters. The maximum absolute atomic E-state index is 5.29. The van der Waals surface area contributed by atoms with Gasteiger partial charge >= 0.3 is 0 Å². The molecule has 0 aromatic heterocycles. The van der Waals surface area contributed by atoms with Crippen molar-refractivity contribution in [2.75, 3.05) is 0 Å². The molecule has 0 radical (unpaired) electrons. The van der Waals surface area contributed by atoms with E-state index in [0.717, 1.165) is 6.42 Å². The van der Waals surface area contributed by atoms with Gasteiger partial charge in [0.15, 0.2) is 0 Å². The smallest absolute Gasteiger partial charge is 0.123 e.